The van der Waals surface area contributed by atoms with Crippen LogP contribution in [0.3, 0.4) is 0 Å². The second-order valence-corrected chi connectivity index (χ2v) is 7.41. The first-order chi connectivity index (χ1) is 9.77. The number of rotatable bonds is 4. The van der Waals surface area contributed by atoms with Gasteiger partial charge in [0.2, 0.25) is 10.0 Å². The van der Waals surface area contributed by atoms with E-state index in [1.807, 2.05) is 38.1 Å². The monoisotopic (exact) mass is 368 g/mol. The van der Waals surface area contributed by atoms with Gasteiger partial charge in [-0.1, -0.05) is 28.1 Å². The summed E-state index contributed by atoms with van der Waals surface area (Å²) in [6, 6.07) is 11.1. The fraction of sp³-hybridized carbons (Fsp3) is 0.200. The number of anilines is 1. The van der Waals surface area contributed by atoms with E-state index in [0.29, 0.717) is 6.54 Å². The van der Waals surface area contributed by atoms with E-state index in [4.69, 9.17) is 5.14 Å². The van der Waals surface area contributed by atoms with Crippen molar-refractivity contribution < 1.29 is 8.42 Å². The molecule has 4 nitrogen and oxygen atoms in total. The number of primary sulfonamides is 1. The Bertz CT molecular complexity index is 756. The van der Waals surface area contributed by atoms with E-state index in [9.17, 15) is 8.42 Å². The third kappa shape index (κ3) is 4.06. The van der Waals surface area contributed by atoms with Crippen LogP contribution in [-0.2, 0) is 16.6 Å². The van der Waals surface area contributed by atoms with Gasteiger partial charge in [0.25, 0.3) is 0 Å². The highest BCUT2D eigenvalue weighted by Gasteiger charge is 2.12. The number of halogens is 1. The van der Waals surface area contributed by atoms with Crippen molar-refractivity contribution in [2.24, 2.45) is 5.14 Å². The molecule has 2 aromatic rings. The smallest absolute Gasteiger partial charge is 0.238 e. The fourth-order valence-electron chi connectivity index (χ4n) is 1.97. The summed E-state index contributed by atoms with van der Waals surface area (Å²) in [5.74, 6) is 0. The van der Waals surface area contributed by atoms with Crippen LogP contribution < -0.4 is 10.5 Å². The van der Waals surface area contributed by atoms with Gasteiger partial charge in [-0.2, -0.15) is 0 Å². The van der Waals surface area contributed by atoms with Crippen molar-refractivity contribution >= 4 is 31.6 Å². The Morgan fingerprint density at radius 2 is 1.76 bits per heavy atom. The standard InChI is InChI=1S/C15H17BrN2O2S/c1-10-7-14(21(17,19)20)8-15(11(10)2)18-9-12-3-5-13(16)6-4-12/h3-8,18H,9H2,1-2H3,(H2,17,19,20). The molecular formula is C15H17BrN2O2S. The number of benzene rings is 2. The van der Waals surface area contributed by atoms with E-state index >= 15 is 0 Å². The molecule has 6 heteroatoms. The highest BCUT2D eigenvalue weighted by atomic mass is 79.9. The lowest BCUT2D eigenvalue weighted by Crippen LogP contribution is -2.13. The maximum atomic E-state index is 11.5. The first kappa shape index (κ1) is 16.0. The van der Waals surface area contributed by atoms with Gasteiger partial charge in [-0.15, -0.1) is 0 Å². The van der Waals surface area contributed by atoms with Crippen LogP contribution in [-0.4, -0.2) is 8.42 Å². The number of nitrogens with two attached hydrogens (primary N) is 1. The molecular weight excluding hydrogens is 352 g/mol. The lowest BCUT2D eigenvalue weighted by atomic mass is 10.1. The maximum Gasteiger partial charge on any atom is 0.238 e. The zero-order valence-electron chi connectivity index (χ0n) is 11.9. The number of hydrogen-bond acceptors (Lipinski definition) is 3. The molecule has 3 N–H and O–H groups in total. The third-order valence-electron chi connectivity index (χ3n) is 3.37. The van der Waals surface area contributed by atoms with Crippen LogP contribution in [0.2, 0.25) is 0 Å². The topological polar surface area (TPSA) is 72.2 Å². The van der Waals surface area contributed by atoms with Gasteiger partial charge in [0.05, 0.1) is 4.90 Å². The minimum Gasteiger partial charge on any atom is -0.381 e. The lowest BCUT2D eigenvalue weighted by Gasteiger charge is -2.13. The van der Waals surface area contributed by atoms with Crippen LogP contribution in [0.1, 0.15) is 16.7 Å². The molecule has 2 aromatic carbocycles. The predicted molar refractivity (Wildman–Crippen MR) is 88.8 cm³/mol. The summed E-state index contributed by atoms with van der Waals surface area (Å²) in [6.45, 7) is 4.43. The highest BCUT2D eigenvalue weighted by Crippen LogP contribution is 2.24. The van der Waals surface area contributed by atoms with Gasteiger partial charge in [-0.3, -0.25) is 0 Å². The third-order valence-corrected chi connectivity index (χ3v) is 4.79. The molecule has 0 saturated heterocycles. The Labute approximate surface area is 133 Å². The molecule has 0 saturated carbocycles. The van der Waals surface area contributed by atoms with Crippen molar-refractivity contribution in [2.75, 3.05) is 5.32 Å². The largest absolute Gasteiger partial charge is 0.381 e. The fourth-order valence-corrected chi connectivity index (χ4v) is 2.86. The molecule has 0 aliphatic carbocycles. The number of sulfonamides is 1. The van der Waals surface area contributed by atoms with Gasteiger partial charge in [0.1, 0.15) is 0 Å². The van der Waals surface area contributed by atoms with Crippen molar-refractivity contribution in [3.8, 4) is 0 Å². The zero-order valence-corrected chi connectivity index (χ0v) is 14.3. The molecule has 2 rings (SSSR count). The average Bonchev–Trinajstić information content (AvgIpc) is 2.41. The van der Waals surface area contributed by atoms with Crippen LogP contribution in [0.5, 0.6) is 0 Å². The number of hydrogen-bond donors (Lipinski definition) is 2. The Balaban J connectivity index is 2.27. The van der Waals surface area contributed by atoms with Crippen LogP contribution >= 0.6 is 15.9 Å². The Hall–Kier alpha value is -1.37. The Morgan fingerprint density at radius 1 is 1.14 bits per heavy atom. The molecule has 0 aromatic heterocycles. The van der Waals surface area contributed by atoms with Crippen LogP contribution in [0.4, 0.5) is 5.69 Å². The summed E-state index contributed by atoms with van der Waals surface area (Å²) in [6.07, 6.45) is 0. The molecule has 0 aliphatic heterocycles. The van der Waals surface area contributed by atoms with E-state index in [0.717, 1.165) is 26.9 Å². The molecule has 0 aliphatic rings. The van der Waals surface area contributed by atoms with Crippen LogP contribution in [0.25, 0.3) is 0 Å². The van der Waals surface area contributed by atoms with Crippen molar-refractivity contribution in [3.05, 3.63) is 57.6 Å². The first-order valence-electron chi connectivity index (χ1n) is 6.40. The minimum absolute atomic E-state index is 0.129. The maximum absolute atomic E-state index is 11.5. The average molecular weight is 369 g/mol. The van der Waals surface area contributed by atoms with Crippen molar-refractivity contribution in [1.29, 1.82) is 0 Å². The summed E-state index contributed by atoms with van der Waals surface area (Å²) in [7, 11) is -3.70. The Kier molecular flexibility index (Phi) is 4.70. The van der Waals surface area contributed by atoms with Gasteiger partial charge in [0.15, 0.2) is 0 Å². The van der Waals surface area contributed by atoms with E-state index in [1.54, 1.807) is 12.1 Å². The van der Waals surface area contributed by atoms with Crippen molar-refractivity contribution in [3.63, 3.8) is 0 Å². The van der Waals surface area contributed by atoms with E-state index in [1.165, 1.54) is 0 Å². The zero-order chi connectivity index (χ0) is 15.6. The van der Waals surface area contributed by atoms with E-state index < -0.39 is 10.0 Å². The Morgan fingerprint density at radius 3 is 2.33 bits per heavy atom. The summed E-state index contributed by atoms with van der Waals surface area (Å²) >= 11 is 3.39. The first-order valence-corrected chi connectivity index (χ1v) is 8.73. The molecule has 0 heterocycles. The summed E-state index contributed by atoms with van der Waals surface area (Å²) in [5, 5.41) is 8.47. The van der Waals surface area contributed by atoms with Gasteiger partial charge in [0, 0.05) is 16.7 Å². The normalized spacial score (nSPS) is 11.4. The highest BCUT2D eigenvalue weighted by molar-refractivity contribution is 9.10. The van der Waals surface area contributed by atoms with Crippen LogP contribution in [0, 0.1) is 13.8 Å². The van der Waals surface area contributed by atoms with Crippen molar-refractivity contribution in [1.82, 2.24) is 0 Å². The molecule has 112 valence electrons. The predicted octanol–water partition coefficient (Wildman–Crippen LogP) is 3.33. The van der Waals surface area contributed by atoms with Gasteiger partial charge >= 0.3 is 0 Å². The second-order valence-electron chi connectivity index (χ2n) is 4.94. The molecule has 0 unspecified atom stereocenters. The quantitative estimate of drug-likeness (QED) is 0.869. The summed E-state index contributed by atoms with van der Waals surface area (Å²) in [4.78, 5) is 0.129. The molecule has 0 amide bonds. The molecule has 0 atom stereocenters. The van der Waals surface area contributed by atoms with Gasteiger partial charge < -0.3 is 5.32 Å². The summed E-state index contributed by atoms with van der Waals surface area (Å²) < 4.78 is 24.0. The van der Waals surface area contributed by atoms with E-state index in [-0.39, 0.29) is 4.90 Å². The SMILES string of the molecule is Cc1cc(S(N)(=O)=O)cc(NCc2ccc(Br)cc2)c1C. The van der Waals surface area contributed by atoms with Gasteiger partial charge in [-0.25, -0.2) is 13.6 Å². The second kappa shape index (κ2) is 6.17. The molecule has 0 bridgehead atoms. The number of aryl methyl sites for hydroxylation is 1. The van der Waals surface area contributed by atoms with Crippen molar-refractivity contribution in [2.45, 2.75) is 25.3 Å². The van der Waals surface area contributed by atoms with Crippen LogP contribution in [0.15, 0.2) is 45.8 Å². The molecule has 0 radical (unpaired) electrons. The summed E-state index contributed by atoms with van der Waals surface area (Å²) in [5.41, 5.74) is 3.79. The number of nitrogens with one attached hydrogen (secondary N) is 1. The van der Waals surface area contributed by atoms with Gasteiger partial charge in [-0.05, 0) is 54.8 Å². The molecule has 0 spiro atoms. The van der Waals surface area contributed by atoms with E-state index in [2.05, 4.69) is 21.2 Å². The minimum atomic E-state index is -3.70. The lowest BCUT2D eigenvalue weighted by molar-refractivity contribution is 0.597. The molecule has 21 heavy (non-hydrogen) atoms. The molecule has 0 fully saturated rings.